The van der Waals surface area contributed by atoms with Gasteiger partial charge in [-0.15, -0.1) is 0 Å². The number of amides is 1. The Labute approximate surface area is 175 Å². The fourth-order valence-corrected chi connectivity index (χ4v) is 3.17. The van der Waals surface area contributed by atoms with E-state index in [-0.39, 0.29) is 12.1 Å². The molecule has 2 unspecified atom stereocenters. The second-order valence-corrected chi connectivity index (χ2v) is 8.61. The van der Waals surface area contributed by atoms with Gasteiger partial charge in [-0.1, -0.05) is 13.3 Å². The Balaban J connectivity index is 2.60. The summed E-state index contributed by atoms with van der Waals surface area (Å²) >= 11 is 0. The number of hydrogen-bond acceptors (Lipinski definition) is 4. The monoisotopic (exact) mass is 408 g/mol. The number of aromatic nitrogens is 2. The van der Waals surface area contributed by atoms with Crippen molar-refractivity contribution in [1.29, 1.82) is 0 Å². The van der Waals surface area contributed by atoms with Crippen molar-refractivity contribution in [2.75, 3.05) is 13.6 Å². The highest BCUT2D eigenvalue weighted by molar-refractivity contribution is 5.80. The van der Waals surface area contributed by atoms with E-state index in [2.05, 4.69) is 46.8 Å². The predicted molar refractivity (Wildman–Crippen MR) is 118 cm³/mol. The molecule has 0 radical (unpaired) electrons. The van der Waals surface area contributed by atoms with Crippen molar-refractivity contribution in [2.45, 2.75) is 85.4 Å². The van der Waals surface area contributed by atoms with E-state index in [1.807, 2.05) is 39.4 Å². The summed E-state index contributed by atoms with van der Waals surface area (Å²) < 4.78 is 7.29. The van der Waals surface area contributed by atoms with E-state index in [9.17, 15) is 4.79 Å². The number of aryl methyl sites for hydroxylation is 2. The Morgan fingerprint density at radius 3 is 2.41 bits per heavy atom. The first-order valence-corrected chi connectivity index (χ1v) is 10.4. The quantitative estimate of drug-likeness (QED) is 0.454. The van der Waals surface area contributed by atoms with Gasteiger partial charge in [-0.25, -0.2) is 4.79 Å². The van der Waals surface area contributed by atoms with Crippen LogP contribution in [-0.4, -0.2) is 53.1 Å². The van der Waals surface area contributed by atoms with Crippen molar-refractivity contribution in [3.63, 3.8) is 0 Å². The first-order chi connectivity index (χ1) is 13.5. The Hall–Kier alpha value is -2.25. The molecule has 0 bridgehead atoms. The Morgan fingerprint density at radius 2 is 1.93 bits per heavy atom. The van der Waals surface area contributed by atoms with E-state index >= 15 is 0 Å². The lowest BCUT2D eigenvalue weighted by Crippen LogP contribution is -2.49. The second-order valence-electron chi connectivity index (χ2n) is 8.61. The maximum atomic E-state index is 12.1. The Morgan fingerprint density at radius 1 is 1.28 bits per heavy atom. The third-order valence-electron chi connectivity index (χ3n) is 4.65. The number of nitrogens with zero attached hydrogens (tertiary/aromatic N) is 3. The van der Waals surface area contributed by atoms with Crippen molar-refractivity contribution >= 4 is 12.1 Å². The maximum absolute atomic E-state index is 12.1. The molecule has 8 heteroatoms. The van der Waals surface area contributed by atoms with Crippen molar-refractivity contribution in [1.82, 2.24) is 25.7 Å². The predicted octanol–water partition coefficient (Wildman–Crippen LogP) is 2.83. The van der Waals surface area contributed by atoms with Crippen LogP contribution < -0.4 is 16.0 Å². The number of aliphatic imine (C=N–C) groups is 1. The van der Waals surface area contributed by atoms with E-state index in [0.29, 0.717) is 12.5 Å². The van der Waals surface area contributed by atoms with Crippen LogP contribution in [0.15, 0.2) is 4.99 Å². The van der Waals surface area contributed by atoms with Gasteiger partial charge >= 0.3 is 6.09 Å². The zero-order valence-electron chi connectivity index (χ0n) is 19.6. The van der Waals surface area contributed by atoms with Crippen LogP contribution in [0.1, 0.15) is 64.4 Å². The number of hydrogen-bond donors (Lipinski definition) is 3. The molecule has 1 aromatic rings. The van der Waals surface area contributed by atoms with Gasteiger partial charge in [0, 0.05) is 38.4 Å². The molecule has 166 valence electrons. The van der Waals surface area contributed by atoms with Crippen LogP contribution in [0, 0.1) is 13.8 Å². The van der Waals surface area contributed by atoms with Gasteiger partial charge in [0.2, 0.25) is 0 Å². The summed E-state index contributed by atoms with van der Waals surface area (Å²) in [6.45, 7) is 14.5. The van der Waals surface area contributed by atoms with Crippen LogP contribution in [0.4, 0.5) is 4.79 Å². The van der Waals surface area contributed by atoms with Crippen LogP contribution >= 0.6 is 0 Å². The third-order valence-corrected chi connectivity index (χ3v) is 4.65. The van der Waals surface area contributed by atoms with E-state index in [1.165, 1.54) is 11.3 Å². The molecule has 3 N–H and O–H groups in total. The van der Waals surface area contributed by atoms with Gasteiger partial charge in [0.25, 0.3) is 0 Å². The number of carbonyl (C=O) groups excluding carboxylic acids is 1. The topological polar surface area (TPSA) is 92.6 Å². The molecule has 1 amide bonds. The van der Waals surface area contributed by atoms with Gasteiger partial charge in [-0.05, 0) is 59.9 Å². The summed E-state index contributed by atoms with van der Waals surface area (Å²) in [6, 6.07) is 0.151. The largest absolute Gasteiger partial charge is 0.444 e. The maximum Gasteiger partial charge on any atom is 0.407 e. The summed E-state index contributed by atoms with van der Waals surface area (Å²) in [7, 11) is 3.72. The van der Waals surface area contributed by atoms with E-state index in [1.54, 1.807) is 7.05 Å². The molecule has 0 aromatic carbocycles. The molecule has 0 saturated heterocycles. The van der Waals surface area contributed by atoms with Crippen LogP contribution in [0.25, 0.3) is 0 Å². The zero-order chi connectivity index (χ0) is 22.2. The van der Waals surface area contributed by atoms with Gasteiger partial charge in [0.15, 0.2) is 5.96 Å². The smallest absolute Gasteiger partial charge is 0.407 e. The summed E-state index contributed by atoms with van der Waals surface area (Å²) in [5, 5.41) is 14.2. The number of carbonyl (C=O) groups is 1. The average molecular weight is 409 g/mol. The molecular formula is C21H40N6O2. The number of rotatable bonds is 8. The molecule has 29 heavy (non-hydrogen) atoms. The molecular weight excluding hydrogens is 368 g/mol. The molecule has 0 spiro atoms. The minimum absolute atomic E-state index is 0.0356. The second kappa shape index (κ2) is 11.1. The van der Waals surface area contributed by atoms with Gasteiger partial charge in [-0.2, -0.15) is 5.10 Å². The molecule has 0 aliphatic heterocycles. The van der Waals surface area contributed by atoms with Crippen molar-refractivity contribution in [3.8, 4) is 0 Å². The lowest BCUT2D eigenvalue weighted by atomic mass is 10.1. The van der Waals surface area contributed by atoms with Crippen molar-refractivity contribution < 1.29 is 9.53 Å². The van der Waals surface area contributed by atoms with Crippen LogP contribution in [-0.2, 0) is 18.2 Å². The van der Waals surface area contributed by atoms with Gasteiger partial charge in [-0.3, -0.25) is 9.67 Å². The van der Waals surface area contributed by atoms with Gasteiger partial charge in [0.05, 0.1) is 5.69 Å². The molecule has 0 fully saturated rings. The Bertz CT molecular complexity index is 690. The fraction of sp³-hybridized carbons (Fsp3) is 0.762. The molecule has 2 atom stereocenters. The molecule has 1 rings (SSSR count). The van der Waals surface area contributed by atoms with Gasteiger partial charge < -0.3 is 20.7 Å². The van der Waals surface area contributed by atoms with Crippen LogP contribution in [0.3, 0.4) is 0 Å². The van der Waals surface area contributed by atoms with Crippen LogP contribution in [0.2, 0.25) is 0 Å². The first-order valence-electron chi connectivity index (χ1n) is 10.4. The third kappa shape index (κ3) is 8.75. The van der Waals surface area contributed by atoms with Crippen molar-refractivity contribution in [2.24, 2.45) is 12.0 Å². The first kappa shape index (κ1) is 24.8. The Kier molecular flexibility index (Phi) is 9.46. The van der Waals surface area contributed by atoms with Crippen molar-refractivity contribution in [3.05, 3.63) is 17.0 Å². The summed E-state index contributed by atoms with van der Waals surface area (Å²) in [5.41, 5.74) is 3.00. The number of ether oxygens (including phenoxy) is 1. The summed E-state index contributed by atoms with van der Waals surface area (Å²) in [4.78, 5) is 16.4. The SMILES string of the molecule is CCCC(CNC(=NC)NC(C)Cc1c(C)nn(C)c1C)NC(=O)OC(C)(C)C. The molecule has 0 saturated carbocycles. The highest BCUT2D eigenvalue weighted by atomic mass is 16.6. The number of nitrogens with one attached hydrogen (secondary N) is 3. The molecule has 8 nitrogen and oxygen atoms in total. The molecule has 0 aliphatic rings. The minimum atomic E-state index is -0.510. The lowest BCUT2D eigenvalue weighted by molar-refractivity contribution is 0.0502. The summed E-state index contributed by atoms with van der Waals surface area (Å²) in [6.07, 6.45) is 2.29. The summed E-state index contributed by atoms with van der Waals surface area (Å²) in [5.74, 6) is 0.712. The lowest BCUT2D eigenvalue weighted by Gasteiger charge is -2.25. The van der Waals surface area contributed by atoms with E-state index < -0.39 is 11.7 Å². The van der Waals surface area contributed by atoms with E-state index in [4.69, 9.17) is 4.74 Å². The highest BCUT2D eigenvalue weighted by Crippen LogP contribution is 2.14. The normalized spacial score (nSPS) is 14.3. The zero-order valence-corrected chi connectivity index (χ0v) is 19.6. The van der Waals surface area contributed by atoms with Crippen LogP contribution in [0.5, 0.6) is 0 Å². The average Bonchev–Trinajstić information content (AvgIpc) is 2.83. The minimum Gasteiger partial charge on any atom is -0.444 e. The van der Waals surface area contributed by atoms with Gasteiger partial charge in [0.1, 0.15) is 5.60 Å². The number of alkyl carbamates (subject to hydrolysis) is 1. The molecule has 0 aliphatic carbocycles. The number of guanidine groups is 1. The standard InChI is InChI=1S/C21H40N6O2/c1-10-11-17(25-20(28)29-21(5,6)7)13-23-19(22-8)24-14(2)12-18-15(3)26-27(9)16(18)4/h14,17H,10-13H2,1-9H3,(H,25,28)(H2,22,23,24). The highest BCUT2D eigenvalue weighted by Gasteiger charge is 2.20. The van der Waals surface area contributed by atoms with E-state index in [0.717, 1.165) is 25.0 Å². The molecule has 1 heterocycles. The molecule has 1 aromatic heterocycles. The fourth-order valence-electron chi connectivity index (χ4n) is 3.17.